The summed E-state index contributed by atoms with van der Waals surface area (Å²) in [6.07, 6.45) is 3.48. The number of hydrazine groups is 1. The molecule has 0 spiro atoms. The summed E-state index contributed by atoms with van der Waals surface area (Å²) >= 11 is 0. The summed E-state index contributed by atoms with van der Waals surface area (Å²) < 4.78 is 12.3. The first kappa shape index (κ1) is 22.0. The van der Waals surface area contributed by atoms with Gasteiger partial charge in [0.1, 0.15) is 6.04 Å². The Labute approximate surface area is 185 Å². The van der Waals surface area contributed by atoms with Crippen molar-refractivity contribution in [3.8, 4) is 0 Å². The lowest BCUT2D eigenvalue weighted by atomic mass is 9.86. The van der Waals surface area contributed by atoms with E-state index in [1.165, 1.54) is 0 Å². The van der Waals surface area contributed by atoms with Gasteiger partial charge in [-0.2, -0.15) is 0 Å². The van der Waals surface area contributed by atoms with E-state index in [9.17, 15) is 4.79 Å². The fourth-order valence-electron chi connectivity index (χ4n) is 5.31. The van der Waals surface area contributed by atoms with Gasteiger partial charge in [0.25, 0.3) is 5.91 Å². The summed E-state index contributed by atoms with van der Waals surface area (Å²) in [4.78, 5) is 13.4. The molecule has 2 heterocycles. The van der Waals surface area contributed by atoms with Crippen molar-refractivity contribution in [1.82, 2.24) is 10.0 Å². The molecule has 2 fully saturated rings. The molecule has 31 heavy (non-hydrogen) atoms. The predicted molar refractivity (Wildman–Crippen MR) is 121 cm³/mol. The number of β-lactam (4-membered cyclic amide) rings is 1. The van der Waals surface area contributed by atoms with Gasteiger partial charge in [-0.1, -0.05) is 74.5 Å². The van der Waals surface area contributed by atoms with Gasteiger partial charge in [0, 0.05) is 13.7 Å². The molecule has 166 valence electrons. The third-order valence-electron chi connectivity index (χ3n) is 7.14. The number of methoxy groups -OCH3 is 1. The number of hydrogen-bond acceptors (Lipinski definition) is 4. The topological polar surface area (TPSA) is 42.0 Å². The van der Waals surface area contributed by atoms with Crippen LogP contribution in [-0.4, -0.2) is 47.3 Å². The van der Waals surface area contributed by atoms with Crippen molar-refractivity contribution in [2.75, 3.05) is 13.7 Å². The second kappa shape index (κ2) is 9.51. The van der Waals surface area contributed by atoms with Gasteiger partial charge in [-0.25, -0.2) is 5.01 Å². The van der Waals surface area contributed by atoms with Crippen LogP contribution in [0.25, 0.3) is 0 Å². The first-order valence-electron chi connectivity index (χ1n) is 11.5. The van der Waals surface area contributed by atoms with Gasteiger partial charge in [0.2, 0.25) is 0 Å². The summed E-state index contributed by atoms with van der Waals surface area (Å²) in [5, 5.41) is 4.24. The van der Waals surface area contributed by atoms with Crippen LogP contribution in [0, 0.1) is 0 Å². The summed E-state index contributed by atoms with van der Waals surface area (Å²) in [5.74, 6) is 0.0499. The van der Waals surface area contributed by atoms with Gasteiger partial charge in [-0.05, 0) is 36.8 Å². The van der Waals surface area contributed by atoms with E-state index in [0.717, 1.165) is 43.4 Å². The van der Waals surface area contributed by atoms with Gasteiger partial charge in [-0.15, -0.1) is 0 Å². The van der Waals surface area contributed by atoms with Crippen molar-refractivity contribution in [2.45, 2.75) is 69.9 Å². The largest absolute Gasteiger partial charge is 0.377 e. The highest BCUT2D eigenvalue weighted by atomic mass is 16.5. The number of carbonyl (C=O) groups excluding carboxylic acids is 1. The van der Waals surface area contributed by atoms with Crippen molar-refractivity contribution in [3.63, 3.8) is 0 Å². The fraction of sp³-hybridized carbons (Fsp3) is 0.500. The molecule has 0 saturated carbocycles. The second-order valence-electron chi connectivity index (χ2n) is 8.55. The summed E-state index contributed by atoms with van der Waals surface area (Å²) in [7, 11) is 1.81. The summed E-state index contributed by atoms with van der Waals surface area (Å²) in [5.41, 5.74) is 1.95. The zero-order valence-corrected chi connectivity index (χ0v) is 18.9. The molecule has 0 unspecified atom stereocenters. The first-order chi connectivity index (χ1) is 15.1. The van der Waals surface area contributed by atoms with Crippen LogP contribution in [0.2, 0.25) is 0 Å². The van der Waals surface area contributed by atoms with Crippen LogP contribution in [0.4, 0.5) is 0 Å². The van der Waals surface area contributed by atoms with Gasteiger partial charge in [0.15, 0.2) is 6.10 Å². The Morgan fingerprint density at radius 3 is 2.26 bits per heavy atom. The lowest BCUT2D eigenvalue weighted by Crippen LogP contribution is -2.69. The van der Waals surface area contributed by atoms with Crippen LogP contribution in [0.5, 0.6) is 0 Å². The van der Waals surface area contributed by atoms with E-state index in [1.807, 2.05) is 60.6 Å². The van der Waals surface area contributed by atoms with Crippen LogP contribution in [-0.2, 0) is 20.9 Å². The third kappa shape index (κ3) is 4.02. The Hall–Kier alpha value is -2.21. The number of carbonyl (C=O) groups is 1. The lowest BCUT2D eigenvalue weighted by molar-refractivity contribution is -0.230. The summed E-state index contributed by atoms with van der Waals surface area (Å²) in [6.45, 7) is 5.67. The SMILES string of the molecule is CCC(CC)(OC)[C@@H]1CCCN1N1C(=O)[C@H](OCc2ccccc2)[C@@H]1c1ccccc1. The van der Waals surface area contributed by atoms with Gasteiger partial charge in [0.05, 0.1) is 18.2 Å². The molecular formula is C26H34N2O3. The number of ether oxygens (including phenoxy) is 2. The van der Waals surface area contributed by atoms with Crippen LogP contribution in [0.15, 0.2) is 60.7 Å². The molecular weight excluding hydrogens is 388 g/mol. The number of nitrogens with zero attached hydrogens (tertiary/aromatic N) is 2. The Morgan fingerprint density at radius 2 is 1.65 bits per heavy atom. The van der Waals surface area contributed by atoms with Crippen LogP contribution >= 0.6 is 0 Å². The smallest absolute Gasteiger partial charge is 0.269 e. The molecule has 2 aliphatic rings. The van der Waals surface area contributed by atoms with Gasteiger partial charge in [-0.3, -0.25) is 9.80 Å². The van der Waals surface area contributed by atoms with Crippen LogP contribution < -0.4 is 0 Å². The summed E-state index contributed by atoms with van der Waals surface area (Å²) in [6, 6.07) is 20.4. The molecule has 2 aliphatic heterocycles. The molecule has 0 bridgehead atoms. The molecule has 5 heteroatoms. The maximum Gasteiger partial charge on any atom is 0.269 e. The minimum absolute atomic E-state index is 0.0499. The highest BCUT2D eigenvalue weighted by Crippen LogP contribution is 2.44. The van der Waals surface area contributed by atoms with E-state index in [1.54, 1.807) is 0 Å². The van der Waals surface area contributed by atoms with E-state index >= 15 is 0 Å². The molecule has 5 nitrogen and oxygen atoms in total. The maximum atomic E-state index is 13.4. The number of hydrogen-bond donors (Lipinski definition) is 0. The Kier molecular flexibility index (Phi) is 6.75. The van der Waals surface area contributed by atoms with E-state index in [0.29, 0.717) is 6.61 Å². The quantitative estimate of drug-likeness (QED) is 0.548. The lowest BCUT2D eigenvalue weighted by Gasteiger charge is -2.54. The Balaban J connectivity index is 1.59. The number of benzene rings is 2. The van der Waals surface area contributed by atoms with Crippen LogP contribution in [0.3, 0.4) is 0 Å². The monoisotopic (exact) mass is 422 g/mol. The first-order valence-corrected chi connectivity index (χ1v) is 11.5. The maximum absolute atomic E-state index is 13.4. The Bertz CT molecular complexity index is 845. The van der Waals surface area contributed by atoms with Crippen LogP contribution in [0.1, 0.15) is 56.7 Å². The standard InChI is InChI=1S/C26H34N2O3/c1-4-26(5-2,30-3)22-17-12-18-27(22)28-23(21-15-10-7-11-16-21)24(25(28)29)31-19-20-13-8-6-9-14-20/h6-11,13-16,22-24H,4-5,12,17-19H2,1-3H3/t22-,23-,24+/m0/s1. The van der Waals surface area contributed by atoms with Crippen molar-refractivity contribution in [2.24, 2.45) is 0 Å². The predicted octanol–water partition coefficient (Wildman–Crippen LogP) is 4.74. The van der Waals surface area contributed by atoms with E-state index in [4.69, 9.17) is 9.47 Å². The molecule has 4 rings (SSSR count). The van der Waals surface area contributed by atoms with Gasteiger partial charge < -0.3 is 9.47 Å². The molecule has 0 aromatic heterocycles. The minimum atomic E-state index is -0.468. The van der Waals surface area contributed by atoms with E-state index in [-0.39, 0.29) is 23.6 Å². The average Bonchev–Trinajstić information content (AvgIpc) is 3.30. The number of rotatable bonds is 9. The van der Waals surface area contributed by atoms with Crippen molar-refractivity contribution in [1.29, 1.82) is 0 Å². The minimum Gasteiger partial charge on any atom is -0.377 e. The van der Waals surface area contributed by atoms with Crippen molar-refractivity contribution in [3.05, 3.63) is 71.8 Å². The molecule has 2 aromatic rings. The van der Waals surface area contributed by atoms with E-state index < -0.39 is 6.10 Å². The highest BCUT2D eigenvalue weighted by molar-refractivity contribution is 5.88. The zero-order chi connectivity index (χ0) is 21.8. The Morgan fingerprint density at radius 1 is 1.00 bits per heavy atom. The normalized spacial score (nSPS) is 24.4. The molecule has 0 N–H and O–H groups in total. The molecule has 2 aromatic carbocycles. The molecule has 0 radical (unpaired) electrons. The average molecular weight is 423 g/mol. The van der Waals surface area contributed by atoms with Crippen molar-refractivity contribution < 1.29 is 14.3 Å². The van der Waals surface area contributed by atoms with E-state index in [2.05, 4.69) is 31.0 Å². The van der Waals surface area contributed by atoms with Gasteiger partial charge >= 0.3 is 0 Å². The third-order valence-corrected chi connectivity index (χ3v) is 7.14. The molecule has 0 aliphatic carbocycles. The molecule has 3 atom stereocenters. The fourth-order valence-corrected chi connectivity index (χ4v) is 5.31. The zero-order valence-electron chi connectivity index (χ0n) is 18.9. The number of amides is 1. The molecule has 1 amide bonds. The highest BCUT2D eigenvalue weighted by Gasteiger charge is 2.56. The van der Waals surface area contributed by atoms with Crippen molar-refractivity contribution >= 4 is 5.91 Å². The second-order valence-corrected chi connectivity index (χ2v) is 8.55. The molecule has 2 saturated heterocycles.